The molecule has 3 aromatic carbocycles. The van der Waals surface area contributed by atoms with Gasteiger partial charge >= 0.3 is 6.09 Å². The third-order valence-electron chi connectivity index (χ3n) is 7.92. The number of hydrogen-bond donors (Lipinski definition) is 0. The number of nitrogens with zero attached hydrogens (tertiary/aromatic N) is 2. The molecule has 0 unspecified atom stereocenters. The van der Waals surface area contributed by atoms with Gasteiger partial charge in [0.05, 0.1) is 39.0 Å². The average molecular weight is 588 g/mol. The number of amides is 1. The zero-order chi connectivity index (χ0) is 25.8. The van der Waals surface area contributed by atoms with Gasteiger partial charge < -0.3 is 30.9 Å². The number of carbonyl (C=O) groups is 1. The summed E-state index contributed by atoms with van der Waals surface area (Å²) in [4.78, 5) is 14.9. The van der Waals surface area contributed by atoms with Crippen molar-refractivity contribution in [1.29, 1.82) is 0 Å². The van der Waals surface area contributed by atoms with Gasteiger partial charge in [0.25, 0.3) is 0 Å². The molecule has 8 heteroatoms. The van der Waals surface area contributed by atoms with Crippen molar-refractivity contribution in [3.8, 4) is 5.75 Å². The Labute approximate surface area is 233 Å². The molecule has 3 saturated heterocycles. The molecule has 0 N–H and O–H groups in total. The third kappa shape index (κ3) is 6.53. The van der Waals surface area contributed by atoms with Crippen molar-refractivity contribution >= 4 is 11.8 Å². The molecule has 2 bridgehead atoms. The van der Waals surface area contributed by atoms with Gasteiger partial charge in [-0.2, -0.15) is 0 Å². The molecule has 0 aromatic heterocycles. The molecule has 38 heavy (non-hydrogen) atoms. The summed E-state index contributed by atoms with van der Waals surface area (Å²) in [5.41, 5.74) is 2.42. The molecule has 1 amide bonds. The first-order valence-electron chi connectivity index (χ1n) is 12.9. The predicted molar refractivity (Wildman–Crippen MR) is 138 cm³/mol. The summed E-state index contributed by atoms with van der Waals surface area (Å²) in [6.07, 6.45) is 2.32. The van der Waals surface area contributed by atoms with Crippen LogP contribution in [-0.4, -0.2) is 50.0 Å². The van der Waals surface area contributed by atoms with Crippen LogP contribution in [0.1, 0.15) is 24.0 Å². The van der Waals surface area contributed by atoms with Crippen LogP contribution in [0.5, 0.6) is 5.75 Å². The number of benzene rings is 3. The molecule has 0 aliphatic carbocycles. The van der Waals surface area contributed by atoms with Gasteiger partial charge in [0.2, 0.25) is 0 Å². The van der Waals surface area contributed by atoms with E-state index in [1.165, 1.54) is 34.7 Å². The first-order chi connectivity index (χ1) is 17.9. The fourth-order valence-corrected chi connectivity index (χ4v) is 5.70. The Morgan fingerprint density at radius 1 is 0.947 bits per heavy atom. The molecule has 3 heterocycles. The highest BCUT2D eigenvalue weighted by molar-refractivity contribution is 5.87. The summed E-state index contributed by atoms with van der Waals surface area (Å²) in [6.45, 7) is 4.14. The highest BCUT2D eigenvalue weighted by Crippen LogP contribution is 2.36. The molecule has 3 aliphatic rings. The maximum absolute atomic E-state index is 14.0. The van der Waals surface area contributed by atoms with Crippen LogP contribution in [0.4, 0.5) is 19.3 Å². The maximum Gasteiger partial charge on any atom is 0.415 e. The number of fused-ring (bicyclic) bond motifs is 3. The van der Waals surface area contributed by atoms with Crippen LogP contribution in [0.25, 0.3) is 0 Å². The van der Waals surface area contributed by atoms with E-state index in [0.29, 0.717) is 11.6 Å². The van der Waals surface area contributed by atoms with E-state index in [9.17, 15) is 13.6 Å². The molecule has 3 fully saturated rings. The largest absolute Gasteiger partial charge is 1.00 e. The van der Waals surface area contributed by atoms with Gasteiger partial charge in [-0.15, -0.1) is 0 Å². The molecular formula is C30H33BrF2N2O3. The molecule has 0 radical (unpaired) electrons. The zero-order valence-electron chi connectivity index (χ0n) is 21.5. The van der Waals surface area contributed by atoms with E-state index < -0.39 is 11.9 Å². The van der Waals surface area contributed by atoms with Crippen molar-refractivity contribution in [2.24, 2.45) is 5.92 Å². The molecule has 0 saturated carbocycles. The second kappa shape index (κ2) is 12.3. The van der Waals surface area contributed by atoms with Crippen LogP contribution >= 0.6 is 0 Å². The lowest BCUT2D eigenvalue weighted by Gasteiger charge is -2.52. The van der Waals surface area contributed by atoms with E-state index in [1.54, 1.807) is 31.4 Å². The summed E-state index contributed by atoms with van der Waals surface area (Å²) < 4.78 is 39.8. The Morgan fingerprint density at radius 3 is 2.29 bits per heavy atom. The number of carbonyl (C=O) groups excluding carboxylic acids is 1. The van der Waals surface area contributed by atoms with Crippen LogP contribution in [-0.2, 0) is 17.7 Å². The van der Waals surface area contributed by atoms with Crippen LogP contribution in [0, 0.1) is 17.6 Å². The lowest BCUT2D eigenvalue weighted by molar-refractivity contribution is -0.945. The third-order valence-corrected chi connectivity index (χ3v) is 7.92. The minimum atomic E-state index is -0.498. The second-order valence-corrected chi connectivity index (χ2v) is 10.2. The maximum atomic E-state index is 14.0. The van der Waals surface area contributed by atoms with Gasteiger partial charge in [-0.25, -0.2) is 13.6 Å². The molecule has 1 atom stereocenters. The predicted octanol–water partition coefficient (Wildman–Crippen LogP) is 2.97. The molecule has 6 rings (SSSR count). The quantitative estimate of drug-likeness (QED) is 0.381. The number of methoxy groups -OCH3 is 1. The number of halogens is 3. The van der Waals surface area contributed by atoms with E-state index in [-0.39, 0.29) is 35.4 Å². The van der Waals surface area contributed by atoms with Gasteiger partial charge in [-0.05, 0) is 53.6 Å². The van der Waals surface area contributed by atoms with Gasteiger partial charge in [0.15, 0.2) is 6.10 Å². The number of anilines is 1. The smallest absolute Gasteiger partial charge is 0.415 e. The number of piperidine rings is 3. The van der Waals surface area contributed by atoms with Crippen molar-refractivity contribution in [3.63, 3.8) is 0 Å². The molecule has 202 valence electrons. The highest BCUT2D eigenvalue weighted by Gasteiger charge is 2.47. The Bertz CT molecular complexity index is 1210. The van der Waals surface area contributed by atoms with Crippen molar-refractivity contribution in [2.45, 2.75) is 31.9 Å². The lowest BCUT2D eigenvalue weighted by atomic mass is 9.83. The average Bonchev–Trinajstić information content (AvgIpc) is 2.92. The summed E-state index contributed by atoms with van der Waals surface area (Å²) >= 11 is 0. The van der Waals surface area contributed by atoms with E-state index in [1.807, 2.05) is 12.1 Å². The number of ether oxygens (including phenoxy) is 2. The van der Waals surface area contributed by atoms with E-state index >= 15 is 0 Å². The first-order valence-corrected chi connectivity index (χ1v) is 12.9. The summed E-state index contributed by atoms with van der Waals surface area (Å²) in [6, 6.07) is 20.1. The summed E-state index contributed by atoms with van der Waals surface area (Å²) in [5.74, 6) is 0.412. The van der Waals surface area contributed by atoms with Gasteiger partial charge in [-0.1, -0.05) is 30.3 Å². The van der Waals surface area contributed by atoms with E-state index in [4.69, 9.17) is 9.47 Å². The Hall–Kier alpha value is -2.97. The highest BCUT2D eigenvalue weighted by atomic mass is 79.9. The normalized spacial score (nSPS) is 21.9. The van der Waals surface area contributed by atoms with Crippen molar-refractivity contribution in [3.05, 3.63) is 95.6 Å². The van der Waals surface area contributed by atoms with Crippen LogP contribution < -0.4 is 26.6 Å². The van der Waals surface area contributed by atoms with Crippen LogP contribution in [0.3, 0.4) is 0 Å². The van der Waals surface area contributed by atoms with Crippen LogP contribution in [0.15, 0.2) is 72.8 Å². The minimum absolute atomic E-state index is 0. The SMILES string of the molecule is COc1ccc(CC[N+]23CCC(CC2)[C@@H](OC(=O)N(Cc2ccc(F)cc2)c2cccc(F)c2)C3)cc1.[Br-]. The number of quaternary nitrogens is 1. The van der Waals surface area contributed by atoms with E-state index in [0.717, 1.165) is 61.2 Å². The van der Waals surface area contributed by atoms with Gasteiger partial charge in [-0.3, -0.25) is 4.90 Å². The Balaban J connectivity index is 0.00000336. The summed E-state index contributed by atoms with van der Waals surface area (Å²) in [7, 11) is 1.67. The standard InChI is InChI=1S/C30H33F2N2O3.BrH/c1-36-28-11-7-22(8-12-28)13-16-34-17-14-24(15-18-34)29(21-34)37-30(35)33(27-4-2-3-26(32)19-27)20-23-5-9-25(31)10-6-23;/h2-12,19,24,29H,13-18,20-21H2,1H3;1H/q+1;/p-1/t24?,29-,34?;/m0./s1. The lowest BCUT2D eigenvalue weighted by Crippen LogP contribution is -3.00. The van der Waals surface area contributed by atoms with E-state index in [2.05, 4.69) is 12.1 Å². The summed E-state index contributed by atoms with van der Waals surface area (Å²) in [5, 5.41) is 0. The van der Waals surface area contributed by atoms with Gasteiger partial charge in [0.1, 0.15) is 23.9 Å². The monoisotopic (exact) mass is 586 g/mol. The molecule has 3 aromatic rings. The molecule has 0 spiro atoms. The molecular weight excluding hydrogens is 554 g/mol. The van der Waals surface area contributed by atoms with Crippen LogP contribution in [0.2, 0.25) is 0 Å². The Kier molecular flexibility index (Phi) is 9.05. The number of rotatable bonds is 8. The Morgan fingerprint density at radius 2 is 1.63 bits per heavy atom. The van der Waals surface area contributed by atoms with Crippen molar-refractivity contribution in [2.75, 3.05) is 38.2 Å². The zero-order valence-corrected chi connectivity index (χ0v) is 23.1. The second-order valence-electron chi connectivity index (χ2n) is 10.2. The fraction of sp³-hybridized carbons (Fsp3) is 0.367. The molecule has 5 nitrogen and oxygen atoms in total. The number of hydrogen-bond acceptors (Lipinski definition) is 3. The first kappa shape index (κ1) is 28.0. The van der Waals surface area contributed by atoms with Crippen molar-refractivity contribution in [1.82, 2.24) is 0 Å². The van der Waals surface area contributed by atoms with Crippen molar-refractivity contribution < 1.29 is 44.5 Å². The molecule has 3 aliphatic heterocycles. The van der Waals surface area contributed by atoms with Gasteiger partial charge in [0, 0.05) is 25.2 Å². The fourth-order valence-electron chi connectivity index (χ4n) is 5.70. The topological polar surface area (TPSA) is 38.8 Å². The minimum Gasteiger partial charge on any atom is -1.00 e.